The Morgan fingerprint density at radius 2 is 1.61 bits per heavy atom. The van der Waals surface area contributed by atoms with E-state index in [4.69, 9.17) is 9.47 Å². The van der Waals surface area contributed by atoms with Crippen LogP contribution in [0.1, 0.15) is 38.1 Å². The van der Waals surface area contributed by atoms with Crippen molar-refractivity contribution < 1.29 is 14.3 Å². The highest BCUT2D eigenvalue weighted by atomic mass is 16.5. The summed E-state index contributed by atoms with van der Waals surface area (Å²) < 4.78 is 11.5. The molecule has 0 bridgehead atoms. The van der Waals surface area contributed by atoms with Gasteiger partial charge in [-0.3, -0.25) is 9.69 Å². The molecule has 0 saturated carbocycles. The molecule has 1 amide bonds. The quantitative estimate of drug-likeness (QED) is 0.490. The van der Waals surface area contributed by atoms with Crippen LogP contribution in [-0.4, -0.2) is 43.2 Å². The monoisotopic (exact) mass is 420 g/mol. The fraction of sp³-hybridized carbons (Fsp3) is 0.346. The molecule has 0 atom stereocenters. The molecule has 0 unspecified atom stereocenters. The number of amides is 1. The van der Waals surface area contributed by atoms with Gasteiger partial charge in [0, 0.05) is 35.9 Å². The molecule has 3 aromatic carbocycles. The van der Waals surface area contributed by atoms with Gasteiger partial charge in [0.1, 0.15) is 6.61 Å². The van der Waals surface area contributed by atoms with Crippen LogP contribution in [-0.2, 0) is 0 Å². The summed E-state index contributed by atoms with van der Waals surface area (Å²) in [4.78, 5) is 15.2. The molecule has 0 heterocycles. The fourth-order valence-corrected chi connectivity index (χ4v) is 3.77. The van der Waals surface area contributed by atoms with Crippen LogP contribution >= 0.6 is 0 Å². The molecule has 0 aromatic heterocycles. The van der Waals surface area contributed by atoms with Gasteiger partial charge in [-0.15, -0.1) is 0 Å². The average Bonchev–Trinajstić information content (AvgIpc) is 2.76. The van der Waals surface area contributed by atoms with Gasteiger partial charge in [0.2, 0.25) is 0 Å². The van der Waals surface area contributed by atoms with E-state index in [0.717, 1.165) is 17.3 Å². The summed E-state index contributed by atoms with van der Waals surface area (Å²) in [6, 6.07) is 20.0. The molecule has 0 aliphatic rings. The lowest BCUT2D eigenvalue weighted by Crippen LogP contribution is -2.39. The largest absolute Gasteiger partial charge is 0.493 e. The molecule has 0 aliphatic heterocycles. The summed E-state index contributed by atoms with van der Waals surface area (Å²) in [5, 5.41) is 5.11. The number of benzene rings is 3. The number of nitrogens with one attached hydrogen (secondary N) is 1. The first-order valence-corrected chi connectivity index (χ1v) is 10.8. The maximum absolute atomic E-state index is 12.8. The van der Waals surface area contributed by atoms with Gasteiger partial charge in [0.25, 0.3) is 5.91 Å². The Hall–Kier alpha value is -3.05. The SMILES string of the molecule is COc1ccc(NC(=O)c2ccc3ccccc3c2)cc1OCCN(C(C)C)C(C)C. The van der Waals surface area contributed by atoms with E-state index in [1.807, 2.05) is 60.7 Å². The van der Waals surface area contributed by atoms with Gasteiger partial charge in [-0.1, -0.05) is 30.3 Å². The van der Waals surface area contributed by atoms with E-state index in [0.29, 0.717) is 41.4 Å². The van der Waals surface area contributed by atoms with Crippen LogP contribution < -0.4 is 14.8 Å². The van der Waals surface area contributed by atoms with Crippen molar-refractivity contribution in [3.05, 3.63) is 66.2 Å². The van der Waals surface area contributed by atoms with Gasteiger partial charge in [-0.05, 0) is 62.7 Å². The summed E-state index contributed by atoms with van der Waals surface area (Å²) in [7, 11) is 1.62. The van der Waals surface area contributed by atoms with Crippen LogP contribution in [0.25, 0.3) is 10.8 Å². The van der Waals surface area contributed by atoms with Crippen molar-refractivity contribution in [1.82, 2.24) is 4.90 Å². The Balaban J connectivity index is 1.70. The van der Waals surface area contributed by atoms with Crippen LogP contribution in [0.15, 0.2) is 60.7 Å². The van der Waals surface area contributed by atoms with Crippen molar-refractivity contribution in [2.45, 2.75) is 39.8 Å². The number of carbonyl (C=O) groups is 1. The van der Waals surface area contributed by atoms with E-state index in [2.05, 4.69) is 37.9 Å². The maximum atomic E-state index is 12.8. The van der Waals surface area contributed by atoms with Crippen LogP contribution in [0, 0.1) is 0 Å². The molecule has 0 aliphatic carbocycles. The van der Waals surface area contributed by atoms with Crippen LogP contribution in [0.4, 0.5) is 5.69 Å². The van der Waals surface area contributed by atoms with E-state index in [1.165, 1.54) is 0 Å². The first kappa shape index (κ1) is 22.6. The minimum absolute atomic E-state index is 0.160. The second kappa shape index (κ2) is 10.3. The molecule has 0 fully saturated rings. The van der Waals surface area contributed by atoms with E-state index in [-0.39, 0.29) is 5.91 Å². The highest BCUT2D eigenvalue weighted by Gasteiger charge is 2.14. The molecule has 3 aromatic rings. The second-order valence-electron chi connectivity index (χ2n) is 8.16. The summed E-state index contributed by atoms with van der Waals surface area (Å²) in [5.41, 5.74) is 1.28. The maximum Gasteiger partial charge on any atom is 0.255 e. The molecule has 1 N–H and O–H groups in total. The number of rotatable bonds is 9. The molecule has 5 heteroatoms. The van der Waals surface area contributed by atoms with Crippen molar-refractivity contribution >= 4 is 22.4 Å². The Morgan fingerprint density at radius 1 is 0.903 bits per heavy atom. The highest BCUT2D eigenvalue weighted by Crippen LogP contribution is 2.30. The number of fused-ring (bicyclic) bond motifs is 1. The molecular formula is C26H32N2O3. The Bertz CT molecular complexity index is 1020. The summed E-state index contributed by atoms with van der Waals surface area (Å²) in [5.74, 6) is 1.10. The summed E-state index contributed by atoms with van der Waals surface area (Å²) in [6.07, 6.45) is 0. The molecule has 31 heavy (non-hydrogen) atoms. The predicted octanol–water partition coefficient (Wildman–Crippen LogP) is 5.60. The van der Waals surface area contributed by atoms with Crippen molar-refractivity contribution in [3.8, 4) is 11.5 Å². The van der Waals surface area contributed by atoms with Crippen molar-refractivity contribution in [2.75, 3.05) is 25.6 Å². The lowest BCUT2D eigenvalue weighted by atomic mass is 10.1. The Morgan fingerprint density at radius 3 is 2.29 bits per heavy atom. The zero-order chi connectivity index (χ0) is 22.4. The molecule has 0 spiro atoms. The van der Waals surface area contributed by atoms with Crippen LogP contribution in [0.2, 0.25) is 0 Å². The first-order valence-electron chi connectivity index (χ1n) is 10.8. The summed E-state index contributed by atoms with van der Waals surface area (Å²) >= 11 is 0. The molecule has 0 saturated heterocycles. The minimum atomic E-state index is -0.160. The third-order valence-corrected chi connectivity index (χ3v) is 5.37. The van der Waals surface area contributed by atoms with E-state index < -0.39 is 0 Å². The van der Waals surface area contributed by atoms with Crippen molar-refractivity contribution in [3.63, 3.8) is 0 Å². The summed E-state index contributed by atoms with van der Waals surface area (Å²) in [6.45, 7) is 10.1. The lowest BCUT2D eigenvalue weighted by molar-refractivity contribution is 0.102. The Labute approximate surface area is 185 Å². The number of nitrogens with zero attached hydrogens (tertiary/aromatic N) is 1. The first-order chi connectivity index (χ1) is 14.9. The standard InChI is InChI=1S/C26H32N2O3/c1-18(2)28(19(3)4)14-15-31-25-17-23(12-13-24(25)30-5)27-26(29)22-11-10-20-8-6-7-9-21(20)16-22/h6-13,16-19H,14-15H2,1-5H3,(H,27,29). The third-order valence-electron chi connectivity index (χ3n) is 5.37. The third kappa shape index (κ3) is 5.76. The van der Waals surface area contributed by atoms with Gasteiger partial charge < -0.3 is 14.8 Å². The predicted molar refractivity (Wildman–Crippen MR) is 127 cm³/mol. The van der Waals surface area contributed by atoms with Gasteiger partial charge in [0.05, 0.1) is 7.11 Å². The zero-order valence-electron chi connectivity index (χ0n) is 19.0. The topological polar surface area (TPSA) is 50.8 Å². The number of ether oxygens (including phenoxy) is 2. The van der Waals surface area contributed by atoms with Gasteiger partial charge in [0.15, 0.2) is 11.5 Å². The van der Waals surface area contributed by atoms with Crippen molar-refractivity contribution in [1.29, 1.82) is 0 Å². The number of hydrogen-bond donors (Lipinski definition) is 1. The number of carbonyl (C=O) groups excluding carboxylic acids is 1. The second-order valence-corrected chi connectivity index (χ2v) is 8.16. The highest BCUT2D eigenvalue weighted by molar-refractivity contribution is 6.06. The van der Waals surface area contributed by atoms with Gasteiger partial charge >= 0.3 is 0 Å². The zero-order valence-corrected chi connectivity index (χ0v) is 19.0. The molecule has 0 radical (unpaired) electrons. The Kier molecular flexibility index (Phi) is 7.53. The van der Waals surface area contributed by atoms with E-state index in [1.54, 1.807) is 7.11 Å². The van der Waals surface area contributed by atoms with Crippen LogP contribution in [0.5, 0.6) is 11.5 Å². The smallest absolute Gasteiger partial charge is 0.255 e. The van der Waals surface area contributed by atoms with Gasteiger partial charge in [-0.2, -0.15) is 0 Å². The average molecular weight is 421 g/mol. The normalized spacial score (nSPS) is 11.4. The molecule has 3 rings (SSSR count). The van der Waals surface area contributed by atoms with Gasteiger partial charge in [-0.25, -0.2) is 0 Å². The number of anilines is 1. The van der Waals surface area contributed by atoms with Crippen molar-refractivity contribution in [2.24, 2.45) is 0 Å². The molecular weight excluding hydrogens is 388 g/mol. The minimum Gasteiger partial charge on any atom is -0.493 e. The lowest BCUT2D eigenvalue weighted by Gasteiger charge is -2.30. The number of methoxy groups -OCH3 is 1. The number of hydrogen-bond acceptors (Lipinski definition) is 4. The van der Waals surface area contributed by atoms with E-state index in [9.17, 15) is 4.79 Å². The van der Waals surface area contributed by atoms with E-state index >= 15 is 0 Å². The molecule has 164 valence electrons. The fourth-order valence-electron chi connectivity index (χ4n) is 3.77. The molecule has 5 nitrogen and oxygen atoms in total. The van der Waals surface area contributed by atoms with Crippen LogP contribution in [0.3, 0.4) is 0 Å².